The molecule has 0 atom stereocenters. The number of hydrogen-bond donors (Lipinski definition) is 1. The van der Waals surface area contributed by atoms with E-state index in [-0.39, 0.29) is 12.5 Å². The average molecular weight is 321 g/mol. The van der Waals surface area contributed by atoms with Gasteiger partial charge in [-0.15, -0.1) is 5.10 Å². The van der Waals surface area contributed by atoms with Crippen molar-refractivity contribution in [2.24, 2.45) is 5.10 Å². The van der Waals surface area contributed by atoms with Crippen molar-refractivity contribution in [3.63, 3.8) is 0 Å². The maximum absolute atomic E-state index is 12.1. The SMILES string of the molecule is C/C(=N\NC(=O)Cn1nnc2ccccc21)c1ccc(C)c(C)c1. The lowest BCUT2D eigenvalue weighted by Gasteiger charge is -2.06. The number of hydrogen-bond acceptors (Lipinski definition) is 4. The quantitative estimate of drug-likeness (QED) is 0.593. The molecule has 0 bridgehead atoms. The van der Waals surface area contributed by atoms with E-state index in [2.05, 4.69) is 40.8 Å². The van der Waals surface area contributed by atoms with Gasteiger partial charge in [0.05, 0.1) is 11.2 Å². The van der Waals surface area contributed by atoms with Gasteiger partial charge in [0.1, 0.15) is 12.1 Å². The summed E-state index contributed by atoms with van der Waals surface area (Å²) in [7, 11) is 0. The highest BCUT2D eigenvalue weighted by molar-refractivity contribution is 5.99. The zero-order chi connectivity index (χ0) is 17.1. The van der Waals surface area contributed by atoms with Gasteiger partial charge >= 0.3 is 0 Å². The van der Waals surface area contributed by atoms with Crippen molar-refractivity contribution in [1.82, 2.24) is 20.4 Å². The fourth-order valence-electron chi connectivity index (χ4n) is 2.38. The van der Waals surface area contributed by atoms with E-state index in [1.54, 1.807) is 4.68 Å². The second-order valence-corrected chi connectivity index (χ2v) is 5.77. The molecule has 24 heavy (non-hydrogen) atoms. The molecule has 0 saturated carbocycles. The number of rotatable bonds is 4. The summed E-state index contributed by atoms with van der Waals surface area (Å²) < 4.78 is 1.56. The second-order valence-electron chi connectivity index (χ2n) is 5.77. The second kappa shape index (κ2) is 6.62. The number of nitrogens with zero attached hydrogens (tertiary/aromatic N) is 4. The highest BCUT2D eigenvalue weighted by atomic mass is 16.2. The number of nitrogens with one attached hydrogen (secondary N) is 1. The number of carbonyl (C=O) groups excluding carboxylic acids is 1. The maximum Gasteiger partial charge on any atom is 0.261 e. The van der Waals surface area contributed by atoms with E-state index in [1.165, 1.54) is 11.1 Å². The van der Waals surface area contributed by atoms with Crippen LogP contribution >= 0.6 is 0 Å². The number of amides is 1. The summed E-state index contributed by atoms with van der Waals surface area (Å²) in [6.45, 7) is 6.07. The molecule has 3 aromatic rings. The van der Waals surface area contributed by atoms with Gasteiger partial charge in [0.25, 0.3) is 5.91 Å². The third-order valence-electron chi connectivity index (χ3n) is 3.99. The predicted octanol–water partition coefficient (Wildman–Crippen LogP) is 2.59. The van der Waals surface area contributed by atoms with Gasteiger partial charge in [-0.3, -0.25) is 4.79 Å². The highest BCUT2D eigenvalue weighted by Crippen LogP contribution is 2.11. The molecule has 0 saturated heterocycles. The van der Waals surface area contributed by atoms with E-state index >= 15 is 0 Å². The van der Waals surface area contributed by atoms with E-state index in [9.17, 15) is 4.79 Å². The van der Waals surface area contributed by atoms with Crippen molar-refractivity contribution in [3.8, 4) is 0 Å². The standard InChI is InChI=1S/C18H19N5O/c1-12-8-9-15(10-13(12)2)14(3)19-21-18(24)11-23-17-7-5-4-6-16(17)20-22-23/h4-10H,11H2,1-3H3,(H,21,24)/b19-14+. The van der Waals surface area contributed by atoms with Gasteiger partial charge in [0.15, 0.2) is 0 Å². The van der Waals surface area contributed by atoms with Gasteiger partial charge in [-0.1, -0.05) is 29.5 Å². The number of para-hydroxylation sites is 1. The zero-order valence-electron chi connectivity index (χ0n) is 13.9. The molecule has 1 aromatic heterocycles. The average Bonchev–Trinajstić information content (AvgIpc) is 2.98. The molecule has 0 aliphatic rings. The van der Waals surface area contributed by atoms with Crippen LogP contribution < -0.4 is 5.43 Å². The van der Waals surface area contributed by atoms with Crippen molar-refractivity contribution < 1.29 is 4.79 Å². The first-order valence-electron chi connectivity index (χ1n) is 7.73. The Hall–Kier alpha value is -3.02. The van der Waals surface area contributed by atoms with Gasteiger partial charge in [0.2, 0.25) is 0 Å². The molecule has 0 fully saturated rings. The highest BCUT2D eigenvalue weighted by Gasteiger charge is 2.08. The van der Waals surface area contributed by atoms with Crippen molar-refractivity contribution >= 4 is 22.7 Å². The first kappa shape index (κ1) is 15.9. The van der Waals surface area contributed by atoms with Crippen LogP contribution in [0.25, 0.3) is 11.0 Å². The summed E-state index contributed by atoms with van der Waals surface area (Å²) in [6, 6.07) is 13.6. The topological polar surface area (TPSA) is 72.2 Å². The minimum Gasteiger partial charge on any atom is -0.271 e. The van der Waals surface area contributed by atoms with Gasteiger partial charge in [0, 0.05) is 0 Å². The lowest BCUT2D eigenvalue weighted by Crippen LogP contribution is -2.24. The van der Waals surface area contributed by atoms with Gasteiger partial charge < -0.3 is 0 Å². The lowest BCUT2D eigenvalue weighted by molar-refractivity contribution is -0.121. The van der Waals surface area contributed by atoms with Gasteiger partial charge in [-0.25, -0.2) is 10.1 Å². The Morgan fingerprint density at radius 2 is 1.96 bits per heavy atom. The number of aromatic nitrogens is 3. The smallest absolute Gasteiger partial charge is 0.261 e. The molecular weight excluding hydrogens is 302 g/mol. The Labute approximate surface area is 140 Å². The molecule has 6 heteroatoms. The van der Waals surface area contributed by atoms with Crippen LogP contribution in [0.5, 0.6) is 0 Å². The molecule has 0 unspecified atom stereocenters. The Morgan fingerprint density at radius 3 is 2.75 bits per heavy atom. The van der Waals surface area contributed by atoms with Crippen LogP contribution in [0.2, 0.25) is 0 Å². The third kappa shape index (κ3) is 3.32. The van der Waals surface area contributed by atoms with Gasteiger partial charge in [-0.2, -0.15) is 5.10 Å². The van der Waals surface area contributed by atoms with E-state index in [4.69, 9.17) is 0 Å². The first-order valence-corrected chi connectivity index (χ1v) is 7.73. The molecule has 1 heterocycles. The molecular formula is C18H19N5O. The van der Waals surface area contributed by atoms with Crippen molar-refractivity contribution in [3.05, 3.63) is 59.2 Å². The number of hydrazone groups is 1. The first-order chi connectivity index (χ1) is 11.5. The minimum atomic E-state index is -0.242. The summed E-state index contributed by atoms with van der Waals surface area (Å²) in [5.74, 6) is -0.242. The number of fused-ring (bicyclic) bond motifs is 1. The van der Waals surface area contributed by atoms with E-state index < -0.39 is 0 Å². The molecule has 122 valence electrons. The maximum atomic E-state index is 12.1. The molecule has 0 aliphatic heterocycles. The Balaban J connectivity index is 1.69. The Morgan fingerprint density at radius 1 is 1.17 bits per heavy atom. The monoisotopic (exact) mass is 321 g/mol. The van der Waals surface area contributed by atoms with Crippen LogP contribution in [0.3, 0.4) is 0 Å². The number of benzene rings is 2. The van der Waals surface area contributed by atoms with Crippen LogP contribution in [0.4, 0.5) is 0 Å². The van der Waals surface area contributed by atoms with Gasteiger partial charge in [-0.05, 0) is 55.7 Å². The molecule has 3 rings (SSSR count). The van der Waals surface area contributed by atoms with Crippen LogP contribution in [0, 0.1) is 13.8 Å². The number of carbonyl (C=O) groups is 1. The summed E-state index contributed by atoms with van der Waals surface area (Å²) in [5, 5.41) is 12.2. The van der Waals surface area contributed by atoms with Crippen LogP contribution in [-0.2, 0) is 11.3 Å². The van der Waals surface area contributed by atoms with Crippen molar-refractivity contribution in [2.75, 3.05) is 0 Å². The summed E-state index contributed by atoms with van der Waals surface area (Å²) in [6.07, 6.45) is 0. The lowest BCUT2D eigenvalue weighted by atomic mass is 10.0. The van der Waals surface area contributed by atoms with Crippen molar-refractivity contribution in [1.29, 1.82) is 0 Å². The predicted molar refractivity (Wildman–Crippen MR) is 93.8 cm³/mol. The van der Waals surface area contributed by atoms with Crippen LogP contribution in [0.15, 0.2) is 47.6 Å². The number of aryl methyl sites for hydroxylation is 2. The molecule has 1 amide bonds. The Kier molecular flexibility index (Phi) is 4.37. The normalized spacial score (nSPS) is 11.7. The molecule has 0 spiro atoms. The van der Waals surface area contributed by atoms with E-state index in [0.29, 0.717) is 0 Å². The molecule has 0 aliphatic carbocycles. The molecule has 2 aromatic carbocycles. The van der Waals surface area contributed by atoms with Crippen LogP contribution in [-0.4, -0.2) is 26.6 Å². The van der Waals surface area contributed by atoms with Crippen molar-refractivity contribution in [2.45, 2.75) is 27.3 Å². The van der Waals surface area contributed by atoms with E-state index in [0.717, 1.165) is 22.3 Å². The zero-order valence-corrected chi connectivity index (χ0v) is 13.9. The van der Waals surface area contributed by atoms with E-state index in [1.807, 2.05) is 43.3 Å². The molecule has 0 radical (unpaired) electrons. The largest absolute Gasteiger partial charge is 0.271 e. The third-order valence-corrected chi connectivity index (χ3v) is 3.99. The fourth-order valence-corrected chi connectivity index (χ4v) is 2.38. The summed E-state index contributed by atoms with van der Waals surface area (Å²) in [5.41, 5.74) is 8.34. The molecule has 1 N–H and O–H groups in total. The van der Waals surface area contributed by atoms with Crippen LogP contribution in [0.1, 0.15) is 23.6 Å². The minimum absolute atomic E-state index is 0.0736. The summed E-state index contributed by atoms with van der Waals surface area (Å²) >= 11 is 0. The Bertz CT molecular complexity index is 926. The molecule has 6 nitrogen and oxygen atoms in total. The fraction of sp³-hybridized carbons (Fsp3) is 0.222. The summed E-state index contributed by atoms with van der Waals surface area (Å²) in [4.78, 5) is 12.1.